The zero-order valence-corrected chi connectivity index (χ0v) is 20.8. The Morgan fingerprint density at radius 2 is 1.88 bits per heavy atom. The molecule has 0 N–H and O–H groups in total. The maximum Gasteiger partial charge on any atom is 0.270 e. The highest BCUT2D eigenvalue weighted by Crippen LogP contribution is 2.32. The number of fused-ring (bicyclic) bond motifs is 1. The summed E-state index contributed by atoms with van der Waals surface area (Å²) >= 11 is 2.99. The molecule has 0 aliphatic rings. The standard InChI is InChI=1S/C22H26N4O3S2.ClH/c1-16-5-8-18(9-6-16)30-14-11-21(27)25(13-4-12-24(2)3)22-23-19-10-7-17(26(28)29)15-20(19)31-22;/h5-10,15H,4,11-14H2,1-3H3;1H. The molecule has 32 heavy (non-hydrogen) atoms. The molecule has 1 aromatic heterocycles. The van der Waals surface area contributed by atoms with Crippen LogP contribution in [0.5, 0.6) is 0 Å². The van der Waals surface area contributed by atoms with Crippen LogP contribution in [0.4, 0.5) is 10.8 Å². The zero-order valence-electron chi connectivity index (χ0n) is 18.3. The fourth-order valence-corrected chi connectivity index (χ4v) is 4.91. The van der Waals surface area contributed by atoms with Gasteiger partial charge < -0.3 is 4.90 Å². The Morgan fingerprint density at radius 1 is 1.16 bits per heavy atom. The summed E-state index contributed by atoms with van der Waals surface area (Å²) in [5.74, 6) is 0.703. The van der Waals surface area contributed by atoms with Crippen LogP contribution in [-0.2, 0) is 4.79 Å². The lowest BCUT2D eigenvalue weighted by atomic mass is 10.2. The number of hydrogen-bond donors (Lipinski definition) is 0. The van der Waals surface area contributed by atoms with Gasteiger partial charge in [-0.15, -0.1) is 24.2 Å². The number of non-ortho nitro benzene ring substituents is 1. The molecule has 0 radical (unpaired) electrons. The highest BCUT2D eigenvalue weighted by molar-refractivity contribution is 7.99. The molecule has 0 aliphatic heterocycles. The number of hydrogen-bond acceptors (Lipinski definition) is 7. The van der Waals surface area contributed by atoms with Crippen molar-refractivity contribution < 1.29 is 9.72 Å². The number of anilines is 1. The highest BCUT2D eigenvalue weighted by atomic mass is 35.5. The molecular formula is C22H27ClN4O3S2. The number of nitrogens with zero attached hydrogens (tertiary/aromatic N) is 4. The third kappa shape index (κ3) is 7.16. The largest absolute Gasteiger partial charge is 0.309 e. The highest BCUT2D eigenvalue weighted by Gasteiger charge is 2.20. The summed E-state index contributed by atoms with van der Waals surface area (Å²) in [7, 11) is 4.00. The summed E-state index contributed by atoms with van der Waals surface area (Å²) in [4.78, 5) is 33.3. The van der Waals surface area contributed by atoms with Gasteiger partial charge in [0.25, 0.3) is 5.69 Å². The van der Waals surface area contributed by atoms with Gasteiger partial charge in [0, 0.05) is 35.7 Å². The zero-order chi connectivity index (χ0) is 22.4. The Kier molecular flexibility index (Phi) is 9.89. The number of nitro groups is 1. The van der Waals surface area contributed by atoms with Crippen LogP contribution in [0.1, 0.15) is 18.4 Å². The molecule has 0 spiro atoms. The average Bonchev–Trinajstić information content (AvgIpc) is 3.15. The Hall–Kier alpha value is -2.20. The van der Waals surface area contributed by atoms with Gasteiger partial charge in [0.05, 0.1) is 15.1 Å². The van der Waals surface area contributed by atoms with Crippen LogP contribution < -0.4 is 4.90 Å². The third-order valence-corrected chi connectivity index (χ3v) is 6.75. The van der Waals surface area contributed by atoms with E-state index < -0.39 is 4.92 Å². The molecule has 172 valence electrons. The number of thioether (sulfide) groups is 1. The summed E-state index contributed by atoms with van der Waals surface area (Å²) in [5, 5.41) is 11.7. The second-order valence-corrected chi connectivity index (χ2v) is 9.70. The van der Waals surface area contributed by atoms with E-state index in [0.717, 1.165) is 17.9 Å². The van der Waals surface area contributed by atoms with E-state index in [1.165, 1.54) is 29.0 Å². The fraction of sp³-hybridized carbons (Fsp3) is 0.364. The van der Waals surface area contributed by atoms with E-state index in [0.29, 0.717) is 34.1 Å². The number of carbonyl (C=O) groups excluding carboxylic acids is 1. The van der Waals surface area contributed by atoms with Gasteiger partial charge in [-0.3, -0.25) is 19.8 Å². The van der Waals surface area contributed by atoms with Crippen LogP contribution in [0.2, 0.25) is 0 Å². The van der Waals surface area contributed by atoms with Crippen LogP contribution in [0.25, 0.3) is 10.2 Å². The van der Waals surface area contributed by atoms with Crippen molar-refractivity contribution in [2.45, 2.75) is 24.7 Å². The topological polar surface area (TPSA) is 79.6 Å². The van der Waals surface area contributed by atoms with Crippen LogP contribution in [0.15, 0.2) is 47.4 Å². The Labute approximate surface area is 202 Å². The van der Waals surface area contributed by atoms with Crippen LogP contribution >= 0.6 is 35.5 Å². The lowest BCUT2D eigenvalue weighted by molar-refractivity contribution is -0.384. The molecule has 0 unspecified atom stereocenters. The first-order chi connectivity index (χ1) is 14.8. The number of aryl methyl sites for hydroxylation is 1. The predicted octanol–water partition coefficient (Wildman–Crippen LogP) is 5.40. The van der Waals surface area contributed by atoms with Gasteiger partial charge in [0.15, 0.2) is 5.13 Å². The molecule has 0 fully saturated rings. The second kappa shape index (κ2) is 12.2. The van der Waals surface area contributed by atoms with E-state index >= 15 is 0 Å². The monoisotopic (exact) mass is 494 g/mol. The van der Waals surface area contributed by atoms with Crippen molar-refractivity contribution in [2.75, 3.05) is 37.8 Å². The molecule has 3 aromatic rings. The van der Waals surface area contributed by atoms with E-state index in [9.17, 15) is 14.9 Å². The molecule has 0 atom stereocenters. The van der Waals surface area contributed by atoms with E-state index in [4.69, 9.17) is 0 Å². The molecule has 0 aliphatic carbocycles. The van der Waals surface area contributed by atoms with Crippen LogP contribution in [-0.4, -0.2) is 53.7 Å². The van der Waals surface area contributed by atoms with Gasteiger partial charge in [-0.05, 0) is 52.2 Å². The number of benzene rings is 2. The Bertz CT molecular complexity index is 1060. The number of rotatable bonds is 10. The number of amides is 1. The smallest absolute Gasteiger partial charge is 0.270 e. The minimum absolute atomic E-state index is 0. The first-order valence-corrected chi connectivity index (χ1v) is 11.8. The number of aromatic nitrogens is 1. The normalized spacial score (nSPS) is 10.9. The summed E-state index contributed by atoms with van der Waals surface area (Å²) in [6.07, 6.45) is 1.22. The minimum atomic E-state index is -0.416. The van der Waals surface area contributed by atoms with Crippen molar-refractivity contribution in [1.29, 1.82) is 0 Å². The van der Waals surface area contributed by atoms with Crippen LogP contribution in [0.3, 0.4) is 0 Å². The fourth-order valence-electron chi connectivity index (χ4n) is 3.03. The number of halogens is 1. The Morgan fingerprint density at radius 3 is 2.53 bits per heavy atom. The van der Waals surface area contributed by atoms with Gasteiger partial charge in [-0.1, -0.05) is 29.0 Å². The molecule has 2 aromatic carbocycles. The molecule has 1 heterocycles. The lowest BCUT2D eigenvalue weighted by Gasteiger charge is -2.21. The molecule has 3 rings (SSSR count). The molecule has 10 heteroatoms. The first-order valence-electron chi connectivity index (χ1n) is 10.0. The summed E-state index contributed by atoms with van der Waals surface area (Å²) in [6.45, 7) is 3.47. The van der Waals surface area contributed by atoms with Crippen molar-refractivity contribution in [1.82, 2.24) is 9.88 Å². The summed E-state index contributed by atoms with van der Waals surface area (Å²) in [6, 6.07) is 12.9. The van der Waals surface area contributed by atoms with Crippen molar-refractivity contribution in [3.05, 3.63) is 58.1 Å². The molecule has 0 bridgehead atoms. The third-order valence-electron chi connectivity index (χ3n) is 4.70. The van der Waals surface area contributed by atoms with Gasteiger partial charge in [0.2, 0.25) is 5.91 Å². The SMILES string of the molecule is Cc1ccc(SCCC(=O)N(CCCN(C)C)c2nc3ccc([N+](=O)[O-])cc3s2)cc1.Cl. The van der Waals surface area contributed by atoms with Crippen molar-refractivity contribution in [3.8, 4) is 0 Å². The predicted molar refractivity (Wildman–Crippen MR) is 136 cm³/mol. The average molecular weight is 495 g/mol. The van der Waals surface area contributed by atoms with Crippen molar-refractivity contribution >= 4 is 62.4 Å². The molecule has 1 amide bonds. The van der Waals surface area contributed by atoms with Gasteiger partial charge >= 0.3 is 0 Å². The van der Waals surface area contributed by atoms with E-state index in [2.05, 4.69) is 41.1 Å². The second-order valence-electron chi connectivity index (χ2n) is 7.52. The van der Waals surface area contributed by atoms with Gasteiger partial charge in [0.1, 0.15) is 0 Å². The molecule has 0 saturated carbocycles. The molecule has 0 saturated heterocycles. The van der Waals surface area contributed by atoms with Crippen molar-refractivity contribution in [2.24, 2.45) is 0 Å². The van der Waals surface area contributed by atoms with E-state index in [1.54, 1.807) is 22.7 Å². The van der Waals surface area contributed by atoms with Gasteiger partial charge in [-0.2, -0.15) is 0 Å². The minimum Gasteiger partial charge on any atom is -0.309 e. The number of carbonyl (C=O) groups is 1. The summed E-state index contributed by atoms with van der Waals surface area (Å²) < 4.78 is 0.712. The maximum absolute atomic E-state index is 13.1. The summed E-state index contributed by atoms with van der Waals surface area (Å²) in [5.41, 5.74) is 1.91. The number of nitro benzene ring substituents is 1. The number of thiazole rings is 1. The van der Waals surface area contributed by atoms with Crippen LogP contribution in [0, 0.1) is 17.0 Å². The lowest BCUT2D eigenvalue weighted by Crippen LogP contribution is -2.33. The quantitative estimate of drug-likeness (QED) is 0.213. The molecule has 7 nitrogen and oxygen atoms in total. The van der Waals surface area contributed by atoms with E-state index in [1.807, 2.05) is 14.1 Å². The molecular weight excluding hydrogens is 468 g/mol. The Balaban J connectivity index is 0.00000363. The maximum atomic E-state index is 13.1. The van der Waals surface area contributed by atoms with Gasteiger partial charge in [-0.25, -0.2) is 4.98 Å². The van der Waals surface area contributed by atoms with Crippen molar-refractivity contribution in [3.63, 3.8) is 0 Å². The first kappa shape index (κ1) is 26.1. The van der Waals surface area contributed by atoms with E-state index in [-0.39, 0.29) is 24.0 Å².